The Morgan fingerprint density at radius 2 is 1.36 bits per heavy atom. The van der Waals surface area contributed by atoms with Crippen molar-refractivity contribution >= 4 is 28.5 Å². The molecule has 0 saturated carbocycles. The number of epoxide rings is 1. The van der Waals surface area contributed by atoms with Crippen LogP contribution in [0.15, 0.2) is 89.8 Å². The normalized spacial score (nSPS) is 19.4. The van der Waals surface area contributed by atoms with E-state index in [0.717, 1.165) is 15.9 Å². The third-order valence-electron chi connectivity index (χ3n) is 6.26. The van der Waals surface area contributed by atoms with Gasteiger partial charge in [0, 0.05) is 11.5 Å². The fourth-order valence-electron chi connectivity index (χ4n) is 4.44. The van der Waals surface area contributed by atoms with Crippen molar-refractivity contribution in [2.24, 2.45) is 0 Å². The molecular weight excluding hydrogens is 448 g/mol. The minimum atomic E-state index is -3.69. The van der Waals surface area contributed by atoms with Crippen molar-refractivity contribution in [1.29, 1.82) is 0 Å². The van der Waals surface area contributed by atoms with Crippen LogP contribution >= 0.6 is 0 Å². The number of benzene rings is 3. The maximum absolute atomic E-state index is 13.2. The summed E-state index contributed by atoms with van der Waals surface area (Å²) in [6, 6.07) is 27.5. The Morgan fingerprint density at radius 1 is 0.879 bits per heavy atom. The Bertz CT molecular complexity index is 1160. The van der Waals surface area contributed by atoms with Gasteiger partial charge in [0.1, 0.15) is 0 Å². The average molecular weight is 480 g/mol. The molecule has 4 rings (SSSR count). The number of sulfone groups is 1. The Morgan fingerprint density at radius 3 is 1.82 bits per heavy atom. The molecule has 6 heteroatoms. The average Bonchev–Trinajstić information content (AvgIpc) is 3.48. The van der Waals surface area contributed by atoms with Crippen LogP contribution in [-0.4, -0.2) is 28.9 Å². The third-order valence-corrected chi connectivity index (χ3v) is 13.1. The van der Waals surface area contributed by atoms with Crippen LogP contribution in [-0.2, 0) is 19.0 Å². The lowest BCUT2D eigenvalue weighted by molar-refractivity contribution is 0.193. The van der Waals surface area contributed by atoms with Crippen molar-refractivity contribution in [2.45, 2.75) is 50.2 Å². The maximum Gasteiger partial charge on any atom is 0.261 e. The molecule has 3 aromatic rings. The topological polar surface area (TPSA) is 55.9 Å². The number of hydrogen-bond donors (Lipinski definition) is 0. The lowest BCUT2D eigenvalue weighted by atomic mass is 10.2. The Hall–Kier alpha value is -2.25. The van der Waals surface area contributed by atoms with Crippen molar-refractivity contribution in [2.75, 3.05) is 6.61 Å². The van der Waals surface area contributed by atoms with Crippen LogP contribution in [0.4, 0.5) is 0 Å². The third kappa shape index (κ3) is 4.33. The highest BCUT2D eigenvalue weighted by atomic mass is 32.2. The predicted molar refractivity (Wildman–Crippen MR) is 135 cm³/mol. The van der Waals surface area contributed by atoms with Gasteiger partial charge in [-0.15, -0.1) is 0 Å². The number of ether oxygens (including phenoxy) is 1. The molecule has 4 nitrogen and oxygen atoms in total. The SMILES string of the molecule is Cc1ccc(S(=O)(=O)[C-]2O[C@]2(C)CO[Si](c2ccccc2)(c2ccccc2)C(C)(C)C)cc1. The fourth-order valence-corrected chi connectivity index (χ4v) is 10.7. The molecule has 3 aromatic carbocycles. The van der Waals surface area contributed by atoms with Crippen molar-refractivity contribution in [3.8, 4) is 0 Å². The second-order valence-corrected chi connectivity index (χ2v) is 16.0. The predicted octanol–water partition coefficient (Wildman–Crippen LogP) is 4.62. The largest absolute Gasteiger partial charge is 0.545 e. The van der Waals surface area contributed by atoms with Crippen molar-refractivity contribution in [3.05, 3.63) is 95.9 Å². The summed E-state index contributed by atoms with van der Waals surface area (Å²) in [5.41, 5.74) is 0.113. The first-order valence-electron chi connectivity index (χ1n) is 11.1. The molecule has 33 heavy (non-hydrogen) atoms. The molecule has 0 unspecified atom stereocenters. The Labute approximate surface area is 198 Å². The zero-order valence-corrected chi connectivity index (χ0v) is 21.6. The second kappa shape index (κ2) is 8.51. The van der Waals surface area contributed by atoms with Gasteiger partial charge in [0.15, 0.2) is 0 Å². The first kappa shape index (κ1) is 23.9. The lowest BCUT2D eigenvalue weighted by Gasteiger charge is -2.44. The van der Waals surface area contributed by atoms with Gasteiger partial charge < -0.3 is 9.16 Å². The van der Waals surface area contributed by atoms with E-state index in [1.807, 2.05) is 43.3 Å². The lowest BCUT2D eigenvalue weighted by Crippen LogP contribution is -2.67. The summed E-state index contributed by atoms with van der Waals surface area (Å²) in [6.07, 6.45) is 0. The summed E-state index contributed by atoms with van der Waals surface area (Å²) in [5.74, 6) is 0. The first-order valence-corrected chi connectivity index (χ1v) is 14.5. The minimum Gasteiger partial charge on any atom is -0.545 e. The molecule has 1 heterocycles. The summed E-state index contributed by atoms with van der Waals surface area (Å²) in [7, 11) is -6.48. The number of aryl methyl sites for hydroxylation is 1. The highest BCUT2D eigenvalue weighted by molar-refractivity contribution is 7.94. The molecule has 0 aliphatic carbocycles. The smallest absolute Gasteiger partial charge is 0.261 e. The molecule has 0 spiro atoms. The first-order chi connectivity index (χ1) is 15.5. The van der Waals surface area contributed by atoms with Crippen LogP contribution in [0.25, 0.3) is 0 Å². The van der Waals surface area contributed by atoms with Crippen molar-refractivity contribution in [1.82, 2.24) is 0 Å². The van der Waals surface area contributed by atoms with Gasteiger partial charge >= 0.3 is 0 Å². The summed E-state index contributed by atoms with van der Waals surface area (Å²) in [6.45, 7) is 10.5. The van der Waals surface area contributed by atoms with E-state index in [1.165, 1.54) is 0 Å². The van der Waals surface area contributed by atoms with Gasteiger partial charge in [0.05, 0.1) is 9.84 Å². The molecule has 1 atom stereocenters. The fraction of sp³-hybridized carbons (Fsp3) is 0.296. The highest BCUT2D eigenvalue weighted by Crippen LogP contribution is 2.51. The Balaban J connectivity index is 1.68. The number of rotatable bonds is 7. The zero-order chi connectivity index (χ0) is 23.9. The van der Waals surface area contributed by atoms with Gasteiger partial charge in [0.25, 0.3) is 8.32 Å². The van der Waals surface area contributed by atoms with Gasteiger partial charge in [-0.25, -0.2) is 0 Å². The van der Waals surface area contributed by atoms with Gasteiger partial charge in [-0.2, -0.15) is 0 Å². The maximum atomic E-state index is 13.2. The van der Waals surface area contributed by atoms with E-state index in [4.69, 9.17) is 9.16 Å². The number of hydrogen-bond acceptors (Lipinski definition) is 4. The molecule has 0 radical (unpaired) electrons. The molecule has 0 bridgehead atoms. The molecule has 1 aliphatic rings. The Kier molecular flexibility index (Phi) is 6.16. The summed E-state index contributed by atoms with van der Waals surface area (Å²) < 4.78 is 39.0. The van der Waals surface area contributed by atoms with Crippen molar-refractivity contribution < 1.29 is 17.6 Å². The standard InChI is InChI=1S/C27H31O4SSi/c1-21-16-18-22(19-17-21)32(28,29)25-27(5,31-25)20-30-33(26(2,3)4,23-12-8-6-9-13-23)24-14-10-7-11-15-24/h6-19H,20H2,1-5H3/q-1/t27-/m1/s1. The van der Waals surface area contributed by atoms with Crippen molar-refractivity contribution in [3.63, 3.8) is 0 Å². The van der Waals surface area contributed by atoms with E-state index < -0.39 is 23.8 Å². The van der Waals surface area contributed by atoms with Gasteiger partial charge in [-0.05, 0) is 45.5 Å². The van der Waals surface area contributed by atoms with Crippen LogP contribution < -0.4 is 10.4 Å². The summed E-state index contributed by atoms with van der Waals surface area (Å²) in [5, 5.41) is 2.10. The van der Waals surface area contributed by atoms with E-state index in [1.54, 1.807) is 31.2 Å². The molecule has 1 saturated heterocycles. The van der Waals surface area contributed by atoms with Gasteiger partial charge in [-0.1, -0.05) is 106 Å². The van der Waals surface area contributed by atoms with Gasteiger partial charge in [-0.3, -0.25) is 8.42 Å². The van der Waals surface area contributed by atoms with Crippen LogP contribution in [0.2, 0.25) is 5.04 Å². The van der Waals surface area contributed by atoms with Crippen LogP contribution in [0.1, 0.15) is 33.3 Å². The summed E-state index contributed by atoms with van der Waals surface area (Å²) in [4.78, 5) is 0.247. The van der Waals surface area contributed by atoms with E-state index in [0.29, 0.717) is 0 Å². The van der Waals surface area contributed by atoms with E-state index in [9.17, 15) is 8.42 Å². The molecular formula is C27H31O4SSi-. The monoisotopic (exact) mass is 479 g/mol. The molecule has 174 valence electrons. The van der Waals surface area contributed by atoms with Crippen LogP contribution in [0, 0.1) is 12.4 Å². The van der Waals surface area contributed by atoms with E-state index >= 15 is 0 Å². The molecule has 0 N–H and O–H groups in total. The molecule has 1 fully saturated rings. The molecule has 1 aliphatic heterocycles. The van der Waals surface area contributed by atoms with E-state index in [-0.39, 0.29) is 22.0 Å². The van der Waals surface area contributed by atoms with E-state index in [2.05, 4.69) is 45.0 Å². The zero-order valence-electron chi connectivity index (χ0n) is 19.8. The van der Waals surface area contributed by atoms with Crippen LogP contribution in [0.3, 0.4) is 0 Å². The highest BCUT2D eigenvalue weighted by Gasteiger charge is 2.53. The van der Waals surface area contributed by atoms with Gasteiger partial charge in [0.2, 0.25) is 0 Å². The quantitative estimate of drug-likeness (QED) is 0.282. The second-order valence-electron chi connectivity index (χ2n) is 9.89. The van der Waals surface area contributed by atoms with Crippen LogP contribution in [0.5, 0.6) is 0 Å². The molecule has 0 amide bonds. The summed E-state index contributed by atoms with van der Waals surface area (Å²) >= 11 is 0. The minimum absolute atomic E-state index is 0.0804. The molecule has 0 aromatic heterocycles.